The highest BCUT2D eigenvalue weighted by atomic mass is 19.1. The zero-order chi connectivity index (χ0) is 20.8. The van der Waals surface area contributed by atoms with Gasteiger partial charge in [0, 0.05) is 44.4 Å². The molecule has 2 heterocycles. The van der Waals surface area contributed by atoms with E-state index in [2.05, 4.69) is 30.6 Å². The predicted molar refractivity (Wildman–Crippen MR) is 113 cm³/mol. The Morgan fingerprint density at radius 2 is 1.70 bits per heavy atom. The molecule has 1 amide bonds. The summed E-state index contributed by atoms with van der Waals surface area (Å²) in [7, 11) is 0. The second kappa shape index (κ2) is 9.32. The van der Waals surface area contributed by atoms with Gasteiger partial charge in [0.2, 0.25) is 0 Å². The van der Waals surface area contributed by atoms with Crippen molar-refractivity contribution >= 4 is 17.5 Å². The van der Waals surface area contributed by atoms with Gasteiger partial charge in [-0.2, -0.15) is 0 Å². The van der Waals surface area contributed by atoms with E-state index in [9.17, 15) is 9.18 Å². The summed E-state index contributed by atoms with van der Waals surface area (Å²) in [6.45, 7) is 4.22. The minimum atomic E-state index is -0.231. The molecule has 0 unspecified atom stereocenters. The van der Waals surface area contributed by atoms with E-state index < -0.39 is 0 Å². The number of carbonyl (C=O) groups is 1. The summed E-state index contributed by atoms with van der Waals surface area (Å²) >= 11 is 0. The topological polar surface area (TPSA) is 73.4 Å². The first-order valence-corrected chi connectivity index (χ1v) is 9.82. The van der Waals surface area contributed by atoms with Gasteiger partial charge in [0.15, 0.2) is 0 Å². The number of amides is 1. The van der Waals surface area contributed by atoms with Crippen LogP contribution in [0.3, 0.4) is 0 Å². The van der Waals surface area contributed by atoms with E-state index in [1.807, 2.05) is 36.4 Å². The van der Waals surface area contributed by atoms with Crippen LogP contribution < -0.4 is 15.8 Å². The molecule has 2 aromatic carbocycles. The summed E-state index contributed by atoms with van der Waals surface area (Å²) in [5.74, 6) is 0.891. The third-order valence-corrected chi connectivity index (χ3v) is 5.01. The lowest BCUT2D eigenvalue weighted by Crippen LogP contribution is -2.46. The lowest BCUT2D eigenvalue weighted by molar-refractivity contribution is 0.0962. The average molecular weight is 406 g/mol. The van der Waals surface area contributed by atoms with Gasteiger partial charge in [-0.05, 0) is 29.8 Å². The highest BCUT2D eigenvalue weighted by Gasteiger charge is 2.18. The maximum atomic E-state index is 13.1. The van der Waals surface area contributed by atoms with Crippen molar-refractivity contribution in [3.63, 3.8) is 0 Å². The quantitative estimate of drug-likeness (QED) is 0.614. The lowest BCUT2D eigenvalue weighted by atomic mass is 10.2. The Kier molecular flexibility index (Phi) is 6.14. The average Bonchev–Trinajstić information content (AvgIpc) is 2.80. The molecule has 30 heavy (non-hydrogen) atoms. The molecule has 1 fully saturated rings. The third-order valence-electron chi connectivity index (χ3n) is 5.01. The van der Waals surface area contributed by atoms with Gasteiger partial charge in [0.1, 0.15) is 23.8 Å². The summed E-state index contributed by atoms with van der Waals surface area (Å²) in [6.07, 6.45) is 1.48. The molecule has 7 nitrogen and oxygen atoms in total. The molecule has 3 aromatic rings. The summed E-state index contributed by atoms with van der Waals surface area (Å²) in [4.78, 5) is 25.2. The van der Waals surface area contributed by atoms with E-state index >= 15 is 0 Å². The number of carbonyl (C=O) groups excluding carboxylic acids is 1. The zero-order valence-electron chi connectivity index (χ0n) is 16.5. The molecule has 1 aromatic heterocycles. The molecular formula is C22H23FN6O. The van der Waals surface area contributed by atoms with E-state index in [4.69, 9.17) is 0 Å². The van der Waals surface area contributed by atoms with Crippen molar-refractivity contribution in [2.75, 3.05) is 36.5 Å². The van der Waals surface area contributed by atoms with Crippen molar-refractivity contribution in [1.82, 2.24) is 20.3 Å². The molecular weight excluding hydrogens is 383 g/mol. The first-order valence-electron chi connectivity index (χ1n) is 9.82. The standard InChI is InChI=1S/C22H23FN6O/c23-19-8-6-17(7-9-19)15-28-10-12-29(13-11-28)21-14-20(24-16-25-21)26-27-22(30)18-4-2-1-3-5-18/h1-9,14,16H,10-13,15H2,(H,27,30)(H,24,25,26). The Balaban J connectivity index is 1.30. The molecule has 1 aliphatic heterocycles. The molecule has 2 N–H and O–H groups in total. The van der Waals surface area contributed by atoms with Crippen LogP contribution in [0.1, 0.15) is 15.9 Å². The second-order valence-electron chi connectivity index (χ2n) is 7.10. The number of hydrogen-bond donors (Lipinski definition) is 2. The van der Waals surface area contributed by atoms with Crippen LogP contribution in [0.5, 0.6) is 0 Å². The summed E-state index contributed by atoms with van der Waals surface area (Å²) in [5.41, 5.74) is 7.17. The molecule has 4 rings (SSSR count). The van der Waals surface area contributed by atoms with E-state index in [1.165, 1.54) is 18.5 Å². The number of nitrogens with one attached hydrogen (secondary N) is 2. The maximum absolute atomic E-state index is 13.1. The van der Waals surface area contributed by atoms with Crippen LogP contribution in [-0.2, 0) is 6.54 Å². The first kappa shape index (κ1) is 19.8. The third kappa shape index (κ3) is 5.09. The number of hydrazine groups is 1. The minimum Gasteiger partial charge on any atom is -0.354 e. The Hall–Kier alpha value is -3.52. The van der Waals surface area contributed by atoms with E-state index in [-0.39, 0.29) is 11.7 Å². The largest absolute Gasteiger partial charge is 0.354 e. The number of halogens is 1. The molecule has 0 aliphatic carbocycles. The van der Waals surface area contributed by atoms with Gasteiger partial charge < -0.3 is 4.90 Å². The minimum absolute atomic E-state index is 0.211. The SMILES string of the molecule is O=C(NNc1cc(N2CCN(Cc3ccc(F)cc3)CC2)ncn1)c1ccccc1. The molecule has 8 heteroatoms. The lowest BCUT2D eigenvalue weighted by Gasteiger charge is -2.35. The van der Waals surface area contributed by atoms with Crippen LogP contribution in [0, 0.1) is 5.82 Å². The molecule has 0 spiro atoms. The fraction of sp³-hybridized carbons (Fsp3) is 0.227. The van der Waals surface area contributed by atoms with Crippen molar-refractivity contribution in [1.29, 1.82) is 0 Å². The van der Waals surface area contributed by atoms with Gasteiger partial charge in [-0.3, -0.25) is 20.5 Å². The molecule has 0 radical (unpaired) electrons. The number of benzene rings is 2. The van der Waals surface area contributed by atoms with Gasteiger partial charge in [-0.25, -0.2) is 14.4 Å². The fourth-order valence-corrected chi connectivity index (χ4v) is 3.35. The molecule has 1 aliphatic rings. The highest BCUT2D eigenvalue weighted by Crippen LogP contribution is 2.17. The number of aromatic nitrogens is 2. The monoisotopic (exact) mass is 406 g/mol. The van der Waals surface area contributed by atoms with Gasteiger partial charge >= 0.3 is 0 Å². The van der Waals surface area contributed by atoms with Crippen molar-refractivity contribution < 1.29 is 9.18 Å². The first-order chi connectivity index (χ1) is 14.7. The number of nitrogens with zero attached hydrogens (tertiary/aromatic N) is 4. The summed E-state index contributed by atoms with van der Waals surface area (Å²) < 4.78 is 13.1. The normalized spacial score (nSPS) is 14.4. The predicted octanol–water partition coefficient (Wildman–Crippen LogP) is 2.69. The highest BCUT2D eigenvalue weighted by molar-refractivity contribution is 5.94. The molecule has 0 saturated carbocycles. The number of anilines is 2. The van der Waals surface area contributed by atoms with Crippen molar-refractivity contribution in [2.45, 2.75) is 6.54 Å². The molecule has 0 bridgehead atoms. The molecule has 1 saturated heterocycles. The smallest absolute Gasteiger partial charge is 0.269 e. The van der Waals surface area contributed by atoms with Crippen LogP contribution >= 0.6 is 0 Å². The van der Waals surface area contributed by atoms with Crippen LogP contribution in [0.4, 0.5) is 16.0 Å². The van der Waals surface area contributed by atoms with Crippen LogP contribution in [-0.4, -0.2) is 47.0 Å². The molecule has 0 atom stereocenters. The van der Waals surface area contributed by atoms with Crippen molar-refractivity contribution in [2.24, 2.45) is 0 Å². The van der Waals surface area contributed by atoms with Crippen LogP contribution in [0.15, 0.2) is 67.0 Å². The second-order valence-corrected chi connectivity index (χ2v) is 7.10. The summed E-state index contributed by atoms with van der Waals surface area (Å²) in [5, 5.41) is 0. The molecule has 154 valence electrons. The Morgan fingerprint density at radius 1 is 0.967 bits per heavy atom. The summed E-state index contributed by atoms with van der Waals surface area (Å²) in [6, 6.07) is 17.4. The van der Waals surface area contributed by atoms with Gasteiger partial charge in [0.25, 0.3) is 5.91 Å². The van der Waals surface area contributed by atoms with E-state index in [0.29, 0.717) is 11.4 Å². The van der Waals surface area contributed by atoms with Crippen LogP contribution in [0.25, 0.3) is 0 Å². The van der Waals surface area contributed by atoms with E-state index in [0.717, 1.165) is 44.1 Å². The van der Waals surface area contributed by atoms with Gasteiger partial charge in [-0.15, -0.1) is 0 Å². The number of piperazine rings is 1. The van der Waals surface area contributed by atoms with Crippen LogP contribution in [0.2, 0.25) is 0 Å². The maximum Gasteiger partial charge on any atom is 0.269 e. The van der Waals surface area contributed by atoms with Gasteiger partial charge in [-0.1, -0.05) is 30.3 Å². The van der Waals surface area contributed by atoms with E-state index in [1.54, 1.807) is 12.1 Å². The Morgan fingerprint density at radius 3 is 2.43 bits per heavy atom. The fourth-order valence-electron chi connectivity index (χ4n) is 3.35. The number of rotatable bonds is 6. The van der Waals surface area contributed by atoms with Crippen molar-refractivity contribution in [3.05, 3.63) is 83.9 Å². The number of hydrogen-bond acceptors (Lipinski definition) is 6. The Labute approximate surface area is 174 Å². The van der Waals surface area contributed by atoms with Crippen molar-refractivity contribution in [3.8, 4) is 0 Å². The Bertz CT molecular complexity index is 974. The van der Waals surface area contributed by atoms with Gasteiger partial charge in [0.05, 0.1) is 0 Å². The zero-order valence-corrected chi connectivity index (χ0v) is 16.5.